The summed E-state index contributed by atoms with van der Waals surface area (Å²) in [5.41, 5.74) is 14.9. The third-order valence-corrected chi connectivity index (χ3v) is 13.3. The van der Waals surface area contributed by atoms with E-state index >= 15 is 0 Å². The summed E-state index contributed by atoms with van der Waals surface area (Å²) in [5, 5.41) is 6.48. The summed E-state index contributed by atoms with van der Waals surface area (Å²) in [7, 11) is 5.08. The van der Waals surface area contributed by atoms with Gasteiger partial charge in [0.15, 0.2) is 0 Å². The molecule has 0 N–H and O–H groups in total. The zero-order chi connectivity index (χ0) is 45.3. The van der Waals surface area contributed by atoms with E-state index < -0.39 is 0 Å². The molecule has 0 spiro atoms. The highest BCUT2D eigenvalue weighted by Gasteiger charge is 2.19. The molecule has 0 fully saturated rings. The zero-order valence-corrected chi connectivity index (χ0v) is 36.9. The maximum Gasteiger partial charge on any atom is 0.150 e. The molecule has 8 nitrogen and oxygen atoms in total. The minimum atomic E-state index is 0.610. The van der Waals surface area contributed by atoms with E-state index in [1.54, 1.807) is 21.3 Å². The van der Waals surface area contributed by atoms with Crippen molar-refractivity contribution < 1.29 is 23.8 Å². The zero-order valence-electron chi connectivity index (χ0n) is 36.9. The minimum Gasteiger partial charge on any atom is -0.497 e. The predicted molar refractivity (Wildman–Crippen MR) is 271 cm³/mol. The van der Waals surface area contributed by atoms with Crippen LogP contribution in [-0.2, 0) is 0 Å². The normalized spacial score (nSPS) is 11.6. The van der Waals surface area contributed by atoms with Crippen molar-refractivity contribution in [3.05, 3.63) is 193 Å². The van der Waals surface area contributed by atoms with Crippen LogP contribution >= 0.6 is 0 Å². The fourth-order valence-corrected chi connectivity index (χ4v) is 9.98. The molecule has 0 radical (unpaired) electrons. The molecular formula is C59H41N3O5. The SMILES string of the molecule is COc1ccc(-n2c3ccc(OC)cc3c3cc(-c4ccc5c(c4)c4cc(-c6ccc7c(c6)c6cc(C=O)ccc6n7-c6ccc(C=O)cc6)ccc4n5-c4ccc(OC)cc4)ccc32)cc1. The van der Waals surface area contributed by atoms with Gasteiger partial charge in [0.05, 0.1) is 54.4 Å². The number of ether oxygens (including phenoxy) is 3. The van der Waals surface area contributed by atoms with E-state index in [-0.39, 0.29) is 0 Å². The van der Waals surface area contributed by atoms with Crippen LogP contribution in [0.25, 0.3) is 105 Å². The molecule has 0 amide bonds. The summed E-state index contributed by atoms with van der Waals surface area (Å²) in [6.07, 6.45) is 1.74. The first-order valence-electron chi connectivity index (χ1n) is 22.0. The lowest BCUT2D eigenvalue weighted by Gasteiger charge is -2.10. The Bertz CT molecular complexity index is 3950. The Balaban J connectivity index is 1.04. The van der Waals surface area contributed by atoms with Crippen LogP contribution in [0.3, 0.4) is 0 Å². The number of carbonyl (C=O) groups excluding carboxylic acids is 2. The lowest BCUT2D eigenvalue weighted by atomic mass is 9.98. The number of hydrogen-bond acceptors (Lipinski definition) is 5. The van der Waals surface area contributed by atoms with Crippen molar-refractivity contribution in [1.29, 1.82) is 0 Å². The van der Waals surface area contributed by atoms with Gasteiger partial charge in [0.2, 0.25) is 0 Å². The average molecular weight is 872 g/mol. The van der Waals surface area contributed by atoms with E-state index in [4.69, 9.17) is 14.2 Å². The van der Waals surface area contributed by atoms with Crippen LogP contribution < -0.4 is 14.2 Å². The summed E-state index contributed by atoms with van der Waals surface area (Å²) in [6.45, 7) is 0. The second-order valence-corrected chi connectivity index (χ2v) is 16.8. The Morgan fingerprint density at radius 1 is 0.299 bits per heavy atom. The number of carbonyl (C=O) groups is 2. The predicted octanol–water partition coefficient (Wildman–Crippen LogP) is 14.0. The summed E-state index contributed by atoms with van der Waals surface area (Å²) in [6, 6.07) is 62.8. The number of nitrogens with zero attached hydrogens (tertiary/aromatic N) is 3. The molecule has 3 heterocycles. The maximum absolute atomic E-state index is 12.1. The van der Waals surface area contributed by atoms with E-state index in [9.17, 15) is 9.59 Å². The standard InChI is InChI=1S/C59H41N3O5/c1-65-45-17-13-43(14-18-45)61-56-24-8-39(38-7-23-55-49(29-38)48-28-37(35-64)6-22-54(48)60(55)42-11-4-36(34-63)5-12-42)30-50(56)51-31-40(9-25-57(51)61)41-10-26-58-52(32-41)53-33-47(67-3)21-27-59(53)62(58)44-15-19-46(66-2)20-16-44/h4-35H,1-3H3. The van der Waals surface area contributed by atoms with Gasteiger partial charge < -0.3 is 27.9 Å². The van der Waals surface area contributed by atoms with Crippen LogP contribution in [0.1, 0.15) is 20.7 Å². The van der Waals surface area contributed by atoms with Crippen molar-refractivity contribution in [2.45, 2.75) is 0 Å². The van der Waals surface area contributed by atoms with Crippen LogP contribution in [0.5, 0.6) is 17.2 Å². The van der Waals surface area contributed by atoms with Gasteiger partial charge in [0, 0.05) is 60.5 Å². The molecule has 0 unspecified atom stereocenters. The average Bonchev–Trinajstić information content (AvgIpc) is 4.02. The molecule has 0 saturated carbocycles. The Kier molecular flexibility index (Phi) is 9.29. The van der Waals surface area contributed by atoms with Crippen LogP contribution in [0.4, 0.5) is 0 Å². The quantitative estimate of drug-likeness (QED) is 0.128. The topological polar surface area (TPSA) is 76.6 Å². The molecule has 3 aromatic heterocycles. The van der Waals surface area contributed by atoms with Crippen molar-refractivity contribution in [1.82, 2.24) is 13.7 Å². The number of fused-ring (bicyclic) bond motifs is 9. The molecule has 0 aliphatic carbocycles. The van der Waals surface area contributed by atoms with Crippen LogP contribution in [-0.4, -0.2) is 47.6 Å². The molecule has 322 valence electrons. The van der Waals surface area contributed by atoms with E-state index in [0.717, 1.165) is 135 Å². The van der Waals surface area contributed by atoms with Gasteiger partial charge in [-0.3, -0.25) is 9.59 Å². The molecule has 67 heavy (non-hydrogen) atoms. The number of methoxy groups -OCH3 is 3. The fourth-order valence-electron chi connectivity index (χ4n) is 9.98. The lowest BCUT2D eigenvalue weighted by molar-refractivity contribution is 0.111. The summed E-state index contributed by atoms with van der Waals surface area (Å²) in [4.78, 5) is 23.6. The third kappa shape index (κ3) is 6.37. The van der Waals surface area contributed by atoms with Gasteiger partial charge in [0.1, 0.15) is 29.8 Å². The second-order valence-electron chi connectivity index (χ2n) is 16.8. The summed E-state index contributed by atoms with van der Waals surface area (Å²) in [5.74, 6) is 2.41. The number of aromatic nitrogens is 3. The summed E-state index contributed by atoms with van der Waals surface area (Å²) < 4.78 is 23.6. The van der Waals surface area contributed by atoms with Gasteiger partial charge in [-0.2, -0.15) is 0 Å². The van der Waals surface area contributed by atoms with Crippen molar-refractivity contribution >= 4 is 78.0 Å². The van der Waals surface area contributed by atoms with E-state index in [1.165, 1.54) is 0 Å². The Morgan fingerprint density at radius 3 is 0.940 bits per heavy atom. The number of hydrogen-bond donors (Lipinski definition) is 0. The first-order chi connectivity index (χ1) is 32.9. The van der Waals surface area contributed by atoms with Crippen LogP contribution in [0.15, 0.2) is 182 Å². The lowest BCUT2D eigenvalue weighted by Crippen LogP contribution is -1.94. The smallest absolute Gasteiger partial charge is 0.150 e. The molecule has 9 aromatic carbocycles. The van der Waals surface area contributed by atoms with Gasteiger partial charge in [-0.05, 0) is 180 Å². The first-order valence-corrected chi connectivity index (χ1v) is 22.0. The highest BCUT2D eigenvalue weighted by molar-refractivity contribution is 6.15. The Morgan fingerprint density at radius 2 is 0.582 bits per heavy atom. The largest absolute Gasteiger partial charge is 0.497 e. The van der Waals surface area contributed by atoms with Crippen molar-refractivity contribution in [3.8, 4) is 56.6 Å². The fraction of sp³-hybridized carbons (Fsp3) is 0.0508. The van der Waals surface area contributed by atoms with Gasteiger partial charge in [-0.15, -0.1) is 0 Å². The second kappa shape index (κ2) is 15.7. The van der Waals surface area contributed by atoms with Crippen molar-refractivity contribution in [2.75, 3.05) is 21.3 Å². The summed E-state index contributed by atoms with van der Waals surface area (Å²) >= 11 is 0. The highest BCUT2D eigenvalue weighted by Crippen LogP contribution is 2.42. The van der Waals surface area contributed by atoms with Gasteiger partial charge in [-0.1, -0.05) is 24.3 Å². The maximum atomic E-state index is 12.1. The number of aldehydes is 2. The Hall–Kier alpha value is -8.88. The molecule has 0 aliphatic rings. The van der Waals surface area contributed by atoms with Crippen LogP contribution in [0.2, 0.25) is 0 Å². The third-order valence-electron chi connectivity index (χ3n) is 13.3. The van der Waals surface area contributed by atoms with Crippen molar-refractivity contribution in [2.24, 2.45) is 0 Å². The molecule has 0 bridgehead atoms. The molecule has 0 saturated heterocycles. The van der Waals surface area contributed by atoms with Crippen molar-refractivity contribution in [3.63, 3.8) is 0 Å². The molecular weight excluding hydrogens is 831 g/mol. The van der Waals surface area contributed by atoms with Gasteiger partial charge in [-0.25, -0.2) is 0 Å². The molecule has 0 aliphatic heterocycles. The molecule has 8 heteroatoms. The molecule has 12 rings (SSSR count). The van der Waals surface area contributed by atoms with E-state index in [0.29, 0.717) is 11.1 Å². The first kappa shape index (κ1) is 39.7. The minimum absolute atomic E-state index is 0.610. The van der Waals surface area contributed by atoms with Gasteiger partial charge >= 0.3 is 0 Å². The van der Waals surface area contributed by atoms with E-state index in [2.05, 4.69) is 123 Å². The van der Waals surface area contributed by atoms with Crippen LogP contribution in [0, 0.1) is 0 Å². The number of benzene rings is 9. The van der Waals surface area contributed by atoms with Gasteiger partial charge in [0.25, 0.3) is 0 Å². The number of rotatable bonds is 10. The van der Waals surface area contributed by atoms with E-state index in [1.807, 2.05) is 72.8 Å². The highest BCUT2D eigenvalue weighted by atomic mass is 16.5. The molecule has 12 aromatic rings. The Labute approximate surface area is 385 Å². The molecule has 0 atom stereocenters. The monoisotopic (exact) mass is 871 g/mol.